The van der Waals surface area contributed by atoms with Crippen LogP contribution in [0, 0.1) is 27.3 Å². The predicted octanol–water partition coefficient (Wildman–Crippen LogP) is 7.64. The Morgan fingerprint density at radius 2 is 1.65 bits per heavy atom. The predicted molar refractivity (Wildman–Crippen MR) is 138 cm³/mol. The van der Waals surface area contributed by atoms with E-state index in [1.807, 2.05) is 62.4 Å². The first kappa shape index (κ1) is 25.8. The molecule has 0 amide bonds. The maximum Gasteiger partial charge on any atom is 0.407 e. The molecule has 0 fully saturated rings. The molecule has 0 radical (unpaired) electrons. The van der Waals surface area contributed by atoms with Crippen LogP contribution in [-0.2, 0) is 19.3 Å². The van der Waals surface area contributed by atoms with E-state index in [-0.39, 0.29) is 12.2 Å². The van der Waals surface area contributed by atoms with E-state index in [9.17, 15) is 18.0 Å². The Labute approximate surface area is 213 Å². The number of hydrogen-bond donors (Lipinski definition) is 0. The van der Waals surface area contributed by atoms with Gasteiger partial charge in [0.1, 0.15) is 12.4 Å². The first-order chi connectivity index (χ1) is 17.6. The van der Waals surface area contributed by atoms with Crippen molar-refractivity contribution in [3.05, 3.63) is 128 Å². The fourth-order valence-corrected chi connectivity index (χ4v) is 4.26. The van der Waals surface area contributed by atoms with Gasteiger partial charge in [-0.25, -0.2) is 4.85 Å². The normalized spacial score (nSPS) is 11.3. The van der Waals surface area contributed by atoms with Crippen molar-refractivity contribution in [2.75, 3.05) is 0 Å². The Hall–Kier alpha value is -4.31. The third kappa shape index (κ3) is 5.59. The van der Waals surface area contributed by atoms with Crippen LogP contribution in [0.2, 0.25) is 0 Å². The van der Waals surface area contributed by atoms with Crippen molar-refractivity contribution in [1.29, 1.82) is 0 Å². The molecule has 0 aliphatic heterocycles. The third-order valence-corrected chi connectivity index (χ3v) is 6.23. The van der Waals surface area contributed by atoms with Gasteiger partial charge in [-0.3, -0.25) is 4.79 Å². The maximum absolute atomic E-state index is 13.9. The summed E-state index contributed by atoms with van der Waals surface area (Å²) >= 11 is 0. The monoisotopic (exact) mass is 502 g/mol. The summed E-state index contributed by atoms with van der Waals surface area (Å²) in [6, 6.07) is 21.2. The second-order valence-electron chi connectivity index (χ2n) is 8.98. The lowest BCUT2D eigenvalue weighted by molar-refractivity contribution is -0.136. The van der Waals surface area contributed by atoms with Gasteiger partial charge < -0.3 is 9.30 Å². The van der Waals surface area contributed by atoms with Crippen LogP contribution in [0.15, 0.2) is 77.6 Å². The van der Waals surface area contributed by atoms with Crippen molar-refractivity contribution in [2.45, 2.75) is 40.1 Å². The number of nitrogens with zero attached hydrogens (tertiary/aromatic N) is 2. The van der Waals surface area contributed by atoms with Crippen molar-refractivity contribution in [2.24, 2.45) is 0 Å². The number of ether oxygens (including phenoxy) is 1. The molecular weight excluding hydrogens is 477 g/mol. The summed E-state index contributed by atoms with van der Waals surface area (Å²) in [6.07, 6.45) is -4.85. The summed E-state index contributed by atoms with van der Waals surface area (Å²) in [4.78, 5) is 16.3. The Morgan fingerprint density at radius 1 is 0.919 bits per heavy atom. The molecule has 0 unspecified atom stereocenters. The molecule has 1 aromatic heterocycles. The Morgan fingerprint density at radius 3 is 2.27 bits per heavy atom. The topological polar surface area (TPSA) is 35.6 Å². The summed E-state index contributed by atoms with van der Waals surface area (Å²) in [6.45, 7) is 13.3. The van der Waals surface area contributed by atoms with Crippen LogP contribution in [-0.4, -0.2) is 4.57 Å². The van der Waals surface area contributed by atoms with Gasteiger partial charge in [0.15, 0.2) is 0 Å². The summed E-state index contributed by atoms with van der Waals surface area (Å²) in [5, 5.41) is 0. The second kappa shape index (κ2) is 10.4. The second-order valence-corrected chi connectivity index (χ2v) is 8.98. The van der Waals surface area contributed by atoms with Crippen LogP contribution in [0.25, 0.3) is 16.1 Å². The molecule has 4 rings (SSSR count). The van der Waals surface area contributed by atoms with E-state index in [1.54, 1.807) is 25.1 Å². The highest BCUT2D eigenvalue weighted by molar-refractivity contribution is 5.67. The maximum atomic E-state index is 13.9. The van der Waals surface area contributed by atoms with Crippen LogP contribution in [0.3, 0.4) is 0 Å². The van der Waals surface area contributed by atoms with E-state index >= 15 is 0 Å². The minimum absolute atomic E-state index is 0.0340. The number of alkyl halides is 3. The van der Waals surface area contributed by atoms with E-state index in [2.05, 4.69) is 4.85 Å². The van der Waals surface area contributed by atoms with E-state index in [1.165, 1.54) is 4.57 Å². The van der Waals surface area contributed by atoms with Crippen LogP contribution < -0.4 is 10.3 Å². The van der Waals surface area contributed by atoms with E-state index in [4.69, 9.17) is 11.3 Å². The van der Waals surface area contributed by atoms with Crippen LogP contribution in [0.1, 0.15) is 33.4 Å². The quantitative estimate of drug-likeness (QED) is 0.254. The van der Waals surface area contributed by atoms with Crippen LogP contribution >= 0.6 is 0 Å². The summed E-state index contributed by atoms with van der Waals surface area (Å²) in [5.74, 6) is 0.588. The SMILES string of the molecule is [C-]#[N+]c1c(C(F)(F)F)cc(-c2ccc(OCc3ccccc3)c(C)c2)n(Cc2ccc(C)cc2C)c1=O. The molecular formula is C30H25F3N2O2. The molecule has 3 aromatic carbocycles. The molecule has 4 nitrogen and oxygen atoms in total. The minimum atomic E-state index is -4.85. The Balaban J connectivity index is 1.82. The number of hydrogen-bond acceptors (Lipinski definition) is 2. The van der Waals surface area contributed by atoms with Crippen molar-refractivity contribution in [3.63, 3.8) is 0 Å². The van der Waals surface area contributed by atoms with Gasteiger partial charge in [0.25, 0.3) is 11.2 Å². The minimum Gasteiger partial charge on any atom is -0.489 e. The van der Waals surface area contributed by atoms with Gasteiger partial charge in [0.05, 0.1) is 18.7 Å². The fourth-order valence-electron chi connectivity index (χ4n) is 4.26. The van der Waals surface area contributed by atoms with Gasteiger partial charge in [-0.2, -0.15) is 13.2 Å². The van der Waals surface area contributed by atoms with E-state index in [0.29, 0.717) is 23.5 Å². The molecule has 188 valence electrons. The molecule has 0 bridgehead atoms. The fraction of sp³-hybridized carbons (Fsp3) is 0.200. The molecule has 37 heavy (non-hydrogen) atoms. The highest BCUT2D eigenvalue weighted by atomic mass is 19.4. The average Bonchev–Trinajstić information content (AvgIpc) is 2.85. The summed E-state index contributed by atoms with van der Waals surface area (Å²) in [7, 11) is 0. The van der Waals surface area contributed by atoms with Gasteiger partial charge in [0.2, 0.25) is 0 Å². The molecule has 0 saturated carbocycles. The molecule has 0 N–H and O–H groups in total. The number of rotatable bonds is 6. The van der Waals surface area contributed by atoms with E-state index in [0.717, 1.165) is 28.3 Å². The van der Waals surface area contributed by atoms with Gasteiger partial charge in [-0.15, -0.1) is 0 Å². The Bertz CT molecular complexity index is 1550. The standard InChI is InChI=1S/C30H25F3N2O2/c1-19-10-11-24(20(2)14-19)17-35-26(16-25(30(31,32)33)28(34-4)29(35)36)23-12-13-27(21(3)15-23)37-18-22-8-6-5-7-9-22/h5-16H,17-18H2,1-3H3. The largest absolute Gasteiger partial charge is 0.489 e. The lowest BCUT2D eigenvalue weighted by Crippen LogP contribution is -2.25. The highest BCUT2D eigenvalue weighted by Gasteiger charge is 2.36. The van der Waals surface area contributed by atoms with Crippen molar-refractivity contribution < 1.29 is 17.9 Å². The molecule has 7 heteroatoms. The molecule has 0 atom stereocenters. The zero-order chi connectivity index (χ0) is 26.7. The third-order valence-electron chi connectivity index (χ3n) is 6.23. The molecule has 0 aliphatic rings. The smallest absolute Gasteiger partial charge is 0.407 e. The number of aryl methyl sites for hydroxylation is 3. The van der Waals surface area contributed by atoms with E-state index < -0.39 is 23.0 Å². The van der Waals surface area contributed by atoms with Gasteiger partial charge in [-0.05, 0) is 72.9 Å². The molecule has 4 aromatic rings. The number of benzene rings is 3. The van der Waals surface area contributed by atoms with Crippen molar-refractivity contribution in [1.82, 2.24) is 4.57 Å². The first-order valence-corrected chi connectivity index (χ1v) is 11.6. The Kier molecular flexibility index (Phi) is 7.21. The lowest BCUT2D eigenvalue weighted by Gasteiger charge is -2.20. The molecule has 0 aliphatic carbocycles. The van der Waals surface area contributed by atoms with Crippen LogP contribution in [0.4, 0.5) is 18.9 Å². The summed E-state index contributed by atoms with van der Waals surface area (Å²) < 4.78 is 48.8. The van der Waals surface area contributed by atoms with Crippen LogP contribution in [0.5, 0.6) is 5.75 Å². The van der Waals surface area contributed by atoms with Gasteiger partial charge in [-0.1, -0.05) is 54.1 Å². The van der Waals surface area contributed by atoms with Crippen molar-refractivity contribution >= 4 is 5.69 Å². The highest BCUT2D eigenvalue weighted by Crippen LogP contribution is 2.38. The number of aromatic nitrogens is 1. The molecule has 0 saturated heterocycles. The zero-order valence-electron chi connectivity index (χ0n) is 20.7. The van der Waals surface area contributed by atoms with Gasteiger partial charge >= 0.3 is 6.18 Å². The lowest BCUT2D eigenvalue weighted by atomic mass is 10.0. The molecule has 0 spiro atoms. The first-order valence-electron chi connectivity index (χ1n) is 11.6. The molecule has 1 heterocycles. The average molecular weight is 503 g/mol. The van der Waals surface area contributed by atoms with Gasteiger partial charge in [0, 0.05) is 5.69 Å². The van der Waals surface area contributed by atoms with Crippen molar-refractivity contribution in [3.8, 4) is 17.0 Å². The zero-order valence-corrected chi connectivity index (χ0v) is 20.7. The number of pyridine rings is 1. The number of halogens is 3. The summed E-state index contributed by atoms with van der Waals surface area (Å²) in [5.41, 5.74) is 1.79.